The molecule has 0 aromatic heterocycles. The zero-order valence-corrected chi connectivity index (χ0v) is 15.1. The van der Waals surface area contributed by atoms with E-state index >= 15 is 0 Å². The van der Waals surface area contributed by atoms with E-state index in [-0.39, 0.29) is 6.61 Å². The number of hydrogen-bond acceptors (Lipinski definition) is 3. The van der Waals surface area contributed by atoms with Crippen molar-refractivity contribution in [1.82, 2.24) is 5.32 Å². The molecule has 0 radical (unpaired) electrons. The van der Waals surface area contributed by atoms with Crippen molar-refractivity contribution in [2.75, 3.05) is 13.2 Å². The molecule has 0 heterocycles. The average Bonchev–Trinajstić information content (AvgIpc) is 2.57. The van der Waals surface area contributed by atoms with Crippen molar-refractivity contribution in [3.8, 4) is 5.75 Å². The minimum absolute atomic E-state index is 0.260. The van der Waals surface area contributed by atoms with Crippen LogP contribution in [0, 0.1) is 0 Å². The van der Waals surface area contributed by atoms with Crippen molar-refractivity contribution < 1.29 is 9.84 Å². The summed E-state index contributed by atoms with van der Waals surface area (Å²) >= 11 is 12.1. The summed E-state index contributed by atoms with van der Waals surface area (Å²) in [7, 11) is 0. The van der Waals surface area contributed by atoms with Gasteiger partial charge in [0.1, 0.15) is 12.4 Å². The number of nitrogens with one attached hydrogen (secondary N) is 1. The maximum atomic E-state index is 8.78. The third-order valence-corrected chi connectivity index (χ3v) is 4.10. The molecule has 0 aliphatic rings. The molecule has 2 N–H and O–H groups in total. The van der Waals surface area contributed by atoms with Gasteiger partial charge in [-0.3, -0.25) is 0 Å². The molecule has 0 aliphatic heterocycles. The third kappa shape index (κ3) is 6.70. The Morgan fingerprint density at radius 1 is 0.958 bits per heavy atom. The fourth-order valence-electron chi connectivity index (χ4n) is 2.38. The summed E-state index contributed by atoms with van der Waals surface area (Å²) in [5.41, 5.74) is 2.06. The number of halogens is 2. The van der Waals surface area contributed by atoms with Crippen molar-refractivity contribution in [2.24, 2.45) is 0 Å². The van der Waals surface area contributed by atoms with Crippen molar-refractivity contribution in [2.45, 2.75) is 32.4 Å². The molecule has 0 unspecified atom stereocenters. The molecule has 0 bridgehead atoms. The summed E-state index contributed by atoms with van der Waals surface area (Å²) in [4.78, 5) is 0. The second-order valence-electron chi connectivity index (χ2n) is 5.63. The zero-order chi connectivity index (χ0) is 17.2. The van der Waals surface area contributed by atoms with E-state index in [1.807, 2.05) is 42.5 Å². The Labute approximate surface area is 153 Å². The van der Waals surface area contributed by atoms with Gasteiger partial charge in [-0.2, -0.15) is 0 Å². The van der Waals surface area contributed by atoms with Crippen molar-refractivity contribution in [1.29, 1.82) is 0 Å². The summed E-state index contributed by atoms with van der Waals surface area (Å²) in [6.45, 7) is 2.33. The van der Waals surface area contributed by atoms with Gasteiger partial charge in [-0.15, -0.1) is 0 Å². The largest absolute Gasteiger partial charge is 0.489 e. The first-order chi connectivity index (χ1) is 11.7. The van der Waals surface area contributed by atoms with Crippen molar-refractivity contribution >= 4 is 23.2 Å². The lowest BCUT2D eigenvalue weighted by Crippen LogP contribution is -2.15. The van der Waals surface area contributed by atoms with Crippen LogP contribution in [0.2, 0.25) is 10.0 Å². The molecule has 2 rings (SSSR count). The highest BCUT2D eigenvalue weighted by atomic mass is 35.5. The SMILES string of the molecule is OCCCCCNCc1cc(Cl)ccc1OCc1cccc(Cl)c1. The summed E-state index contributed by atoms with van der Waals surface area (Å²) < 4.78 is 5.94. The Hall–Kier alpha value is -1.26. The molecule has 130 valence electrons. The van der Waals surface area contributed by atoms with Gasteiger partial charge >= 0.3 is 0 Å². The third-order valence-electron chi connectivity index (χ3n) is 3.63. The zero-order valence-electron chi connectivity index (χ0n) is 13.6. The lowest BCUT2D eigenvalue weighted by Gasteiger charge is -2.13. The molecule has 24 heavy (non-hydrogen) atoms. The maximum absolute atomic E-state index is 8.78. The number of aliphatic hydroxyl groups excluding tert-OH is 1. The van der Waals surface area contributed by atoms with Crippen LogP contribution in [0.15, 0.2) is 42.5 Å². The fraction of sp³-hybridized carbons (Fsp3) is 0.368. The lowest BCUT2D eigenvalue weighted by atomic mass is 10.2. The van der Waals surface area contributed by atoms with Crippen molar-refractivity contribution in [3.05, 3.63) is 63.6 Å². The highest BCUT2D eigenvalue weighted by Gasteiger charge is 2.06. The van der Waals surface area contributed by atoms with E-state index in [1.165, 1.54) is 0 Å². The molecule has 0 saturated heterocycles. The monoisotopic (exact) mass is 367 g/mol. The van der Waals surface area contributed by atoms with Crippen LogP contribution in [-0.2, 0) is 13.2 Å². The standard InChI is InChI=1S/C19H23Cl2NO2/c20-17-6-4-5-15(11-17)14-24-19-8-7-18(21)12-16(19)13-22-9-2-1-3-10-23/h4-8,11-12,22-23H,1-3,9-10,13-14H2. The Morgan fingerprint density at radius 2 is 1.79 bits per heavy atom. The molecule has 2 aromatic rings. The van der Waals surface area contributed by atoms with Gasteiger partial charge in [-0.1, -0.05) is 35.3 Å². The van der Waals surface area contributed by atoms with Crippen LogP contribution in [0.5, 0.6) is 5.75 Å². The number of unbranched alkanes of at least 4 members (excludes halogenated alkanes) is 2. The highest BCUT2D eigenvalue weighted by Crippen LogP contribution is 2.24. The van der Waals surface area contributed by atoms with Crippen LogP contribution in [-0.4, -0.2) is 18.3 Å². The Kier molecular flexibility index (Phi) is 8.40. The molecule has 5 heteroatoms. The van der Waals surface area contributed by atoms with Gasteiger partial charge in [-0.25, -0.2) is 0 Å². The molecule has 2 aromatic carbocycles. The van der Waals surface area contributed by atoms with E-state index < -0.39 is 0 Å². The van der Waals surface area contributed by atoms with E-state index in [2.05, 4.69) is 5.32 Å². The minimum atomic E-state index is 0.260. The summed E-state index contributed by atoms with van der Waals surface area (Å²) in [6, 6.07) is 13.3. The molecule has 0 saturated carbocycles. The number of ether oxygens (including phenoxy) is 1. The maximum Gasteiger partial charge on any atom is 0.124 e. The van der Waals surface area contributed by atoms with Gasteiger partial charge in [0.05, 0.1) is 0 Å². The smallest absolute Gasteiger partial charge is 0.124 e. The number of benzene rings is 2. The Morgan fingerprint density at radius 3 is 2.58 bits per heavy atom. The lowest BCUT2D eigenvalue weighted by molar-refractivity contribution is 0.282. The minimum Gasteiger partial charge on any atom is -0.489 e. The first-order valence-corrected chi connectivity index (χ1v) is 8.92. The molecule has 0 fully saturated rings. The molecule has 0 aliphatic carbocycles. The second kappa shape index (κ2) is 10.6. The van der Waals surface area contributed by atoms with Crippen LogP contribution < -0.4 is 10.1 Å². The number of aliphatic hydroxyl groups is 1. The Balaban J connectivity index is 1.89. The molecule has 0 atom stereocenters. The van der Waals surface area contributed by atoms with Gasteiger partial charge < -0.3 is 15.2 Å². The topological polar surface area (TPSA) is 41.5 Å². The predicted octanol–water partition coefficient (Wildman–Crippen LogP) is 4.82. The van der Waals surface area contributed by atoms with E-state index in [9.17, 15) is 0 Å². The molecular formula is C19H23Cl2NO2. The van der Waals surface area contributed by atoms with E-state index in [0.717, 1.165) is 42.7 Å². The van der Waals surface area contributed by atoms with Crippen LogP contribution in [0.3, 0.4) is 0 Å². The van der Waals surface area contributed by atoms with E-state index in [0.29, 0.717) is 23.2 Å². The van der Waals surface area contributed by atoms with Gasteiger partial charge in [0, 0.05) is 28.8 Å². The quantitative estimate of drug-likeness (QED) is 0.591. The van der Waals surface area contributed by atoms with Crippen LogP contribution in [0.4, 0.5) is 0 Å². The molecule has 3 nitrogen and oxygen atoms in total. The van der Waals surface area contributed by atoms with Crippen LogP contribution in [0.1, 0.15) is 30.4 Å². The van der Waals surface area contributed by atoms with Gasteiger partial charge in [0.25, 0.3) is 0 Å². The van der Waals surface area contributed by atoms with Crippen LogP contribution >= 0.6 is 23.2 Å². The summed E-state index contributed by atoms with van der Waals surface area (Å²) in [5, 5.41) is 13.6. The normalized spacial score (nSPS) is 10.8. The highest BCUT2D eigenvalue weighted by molar-refractivity contribution is 6.30. The average molecular weight is 368 g/mol. The van der Waals surface area contributed by atoms with Crippen LogP contribution in [0.25, 0.3) is 0 Å². The number of rotatable bonds is 10. The van der Waals surface area contributed by atoms with E-state index in [4.69, 9.17) is 33.0 Å². The van der Waals surface area contributed by atoms with Gasteiger partial charge in [0.2, 0.25) is 0 Å². The molecule has 0 amide bonds. The van der Waals surface area contributed by atoms with Gasteiger partial charge in [-0.05, 0) is 61.7 Å². The molecular weight excluding hydrogens is 345 g/mol. The second-order valence-corrected chi connectivity index (χ2v) is 6.50. The number of hydrogen-bond donors (Lipinski definition) is 2. The predicted molar refractivity (Wildman–Crippen MR) is 99.9 cm³/mol. The summed E-state index contributed by atoms with van der Waals surface area (Å²) in [5.74, 6) is 0.822. The van der Waals surface area contributed by atoms with Gasteiger partial charge in [0.15, 0.2) is 0 Å². The fourth-order valence-corrected chi connectivity index (χ4v) is 2.78. The molecule has 0 spiro atoms. The van der Waals surface area contributed by atoms with Crippen molar-refractivity contribution in [3.63, 3.8) is 0 Å². The Bertz CT molecular complexity index is 635. The first kappa shape index (κ1) is 19.1. The summed E-state index contributed by atoms with van der Waals surface area (Å²) in [6.07, 6.45) is 2.92. The van der Waals surface area contributed by atoms with E-state index in [1.54, 1.807) is 0 Å². The first-order valence-electron chi connectivity index (χ1n) is 8.16.